The van der Waals surface area contributed by atoms with Gasteiger partial charge in [-0.15, -0.1) is 0 Å². The summed E-state index contributed by atoms with van der Waals surface area (Å²) >= 11 is 6.05. The number of hydrogen-bond acceptors (Lipinski definition) is 5. The van der Waals surface area contributed by atoms with Crippen molar-refractivity contribution < 1.29 is 9.66 Å². The Morgan fingerprint density at radius 3 is 2.79 bits per heavy atom. The molecule has 0 aliphatic carbocycles. The molecule has 0 fully saturated rings. The van der Waals surface area contributed by atoms with Gasteiger partial charge in [0, 0.05) is 18.7 Å². The molecule has 0 amide bonds. The van der Waals surface area contributed by atoms with Crippen LogP contribution in [0.25, 0.3) is 0 Å². The lowest BCUT2D eigenvalue weighted by atomic mass is 10.2. The lowest BCUT2D eigenvalue weighted by Gasteiger charge is -2.12. The lowest BCUT2D eigenvalue weighted by molar-refractivity contribution is -0.384. The number of non-ortho nitro benzene ring substituents is 1. The lowest BCUT2D eigenvalue weighted by Crippen LogP contribution is -2.12. The third kappa shape index (κ3) is 4.61. The van der Waals surface area contributed by atoms with Crippen LogP contribution in [0.4, 0.5) is 11.4 Å². The number of benzene rings is 2. The molecule has 2 aromatic rings. The van der Waals surface area contributed by atoms with Crippen LogP contribution < -0.4 is 10.1 Å². The molecule has 0 heterocycles. The highest BCUT2D eigenvalue weighted by Gasteiger charge is 2.10. The number of nitrogens with one attached hydrogen (secondary N) is 1. The van der Waals surface area contributed by atoms with E-state index in [1.54, 1.807) is 12.1 Å². The Morgan fingerprint density at radius 2 is 2.17 bits per heavy atom. The van der Waals surface area contributed by atoms with E-state index < -0.39 is 11.0 Å². The fourth-order valence-corrected chi connectivity index (χ4v) is 2.29. The van der Waals surface area contributed by atoms with E-state index in [0.29, 0.717) is 24.4 Å². The first-order chi connectivity index (χ1) is 11.5. The molecule has 2 rings (SSSR count). The van der Waals surface area contributed by atoms with Crippen molar-refractivity contribution >= 4 is 23.0 Å². The second-order valence-corrected chi connectivity index (χ2v) is 5.47. The third-order valence-corrected chi connectivity index (χ3v) is 3.65. The summed E-state index contributed by atoms with van der Waals surface area (Å²) < 4.78 is 5.58. The van der Waals surface area contributed by atoms with Gasteiger partial charge < -0.3 is 10.1 Å². The van der Waals surface area contributed by atoms with E-state index >= 15 is 0 Å². The van der Waals surface area contributed by atoms with Crippen LogP contribution in [0, 0.1) is 21.4 Å². The molecule has 0 saturated heterocycles. The van der Waals surface area contributed by atoms with Gasteiger partial charge in [0.25, 0.3) is 5.69 Å². The van der Waals surface area contributed by atoms with Crippen LogP contribution in [0.5, 0.6) is 5.75 Å². The Balaban J connectivity index is 2.04. The molecule has 2 aromatic carbocycles. The molecule has 0 aliphatic heterocycles. The van der Waals surface area contributed by atoms with Crippen LogP contribution in [0.2, 0.25) is 5.02 Å². The van der Waals surface area contributed by atoms with Gasteiger partial charge in [-0.3, -0.25) is 10.1 Å². The van der Waals surface area contributed by atoms with Gasteiger partial charge in [-0.05, 0) is 30.2 Å². The monoisotopic (exact) mass is 345 g/mol. The Bertz CT molecular complexity index is 774. The summed E-state index contributed by atoms with van der Waals surface area (Å²) in [5, 5.41) is 23.1. The van der Waals surface area contributed by atoms with Crippen molar-refractivity contribution in [2.45, 2.75) is 26.0 Å². The fourth-order valence-electron chi connectivity index (χ4n) is 2.05. The number of nitrogens with zero attached hydrogens (tertiary/aromatic N) is 2. The van der Waals surface area contributed by atoms with Gasteiger partial charge in [-0.1, -0.05) is 30.7 Å². The van der Waals surface area contributed by atoms with Crippen molar-refractivity contribution in [1.82, 2.24) is 0 Å². The van der Waals surface area contributed by atoms with Crippen LogP contribution in [-0.4, -0.2) is 11.0 Å². The molecule has 0 radical (unpaired) electrons. The van der Waals surface area contributed by atoms with Crippen molar-refractivity contribution in [2.75, 3.05) is 5.32 Å². The van der Waals surface area contributed by atoms with Crippen LogP contribution in [-0.2, 0) is 6.54 Å². The highest BCUT2D eigenvalue weighted by Crippen LogP contribution is 2.27. The molecule has 124 valence electrons. The summed E-state index contributed by atoms with van der Waals surface area (Å²) in [5.74, 6) is 0.623. The SMILES string of the molecule is CCC(C#N)Oc1cccc(CNc2ccc([N+](=O)[O-])cc2Cl)c1. The number of nitriles is 1. The van der Waals surface area contributed by atoms with Gasteiger partial charge in [0.05, 0.1) is 15.6 Å². The van der Waals surface area contributed by atoms with Crippen molar-refractivity contribution in [2.24, 2.45) is 0 Å². The zero-order chi connectivity index (χ0) is 17.5. The summed E-state index contributed by atoms with van der Waals surface area (Å²) in [5.41, 5.74) is 1.50. The minimum absolute atomic E-state index is 0.0527. The van der Waals surface area contributed by atoms with E-state index in [9.17, 15) is 10.1 Å². The van der Waals surface area contributed by atoms with Crippen LogP contribution in [0.1, 0.15) is 18.9 Å². The predicted molar refractivity (Wildman–Crippen MR) is 92.2 cm³/mol. The molecule has 1 N–H and O–H groups in total. The molecule has 1 atom stereocenters. The molecule has 24 heavy (non-hydrogen) atoms. The Morgan fingerprint density at radius 1 is 1.38 bits per heavy atom. The highest BCUT2D eigenvalue weighted by atomic mass is 35.5. The average molecular weight is 346 g/mol. The summed E-state index contributed by atoms with van der Waals surface area (Å²) in [6, 6.07) is 13.7. The van der Waals surface area contributed by atoms with Crippen molar-refractivity contribution in [3.05, 3.63) is 63.2 Å². The van der Waals surface area contributed by atoms with E-state index in [1.165, 1.54) is 12.1 Å². The number of ether oxygens (including phenoxy) is 1. The first-order valence-electron chi connectivity index (χ1n) is 7.36. The highest BCUT2D eigenvalue weighted by molar-refractivity contribution is 6.33. The first-order valence-corrected chi connectivity index (χ1v) is 7.74. The van der Waals surface area contributed by atoms with Gasteiger partial charge in [-0.2, -0.15) is 5.26 Å². The average Bonchev–Trinajstić information content (AvgIpc) is 2.58. The third-order valence-electron chi connectivity index (χ3n) is 3.34. The Hall–Kier alpha value is -2.78. The van der Waals surface area contributed by atoms with E-state index in [4.69, 9.17) is 21.6 Å². The minimum atomic E-state index is -0.490. The van der Waals surface area contributed by atoms with Gasteiger partial charge in [0.2, 0.25) is 0 Å². The van der Waals surface area contributed by atoms with Crippen LogP contribution >= 0.6 is 11.6 Å². The normalized spacial score (nSPS) is 11.4. The smallest absolute Gasteiger partial charge is 0.271 e. The second kappa shape index (κ2) is 8.18. The minimum Gasteiger partial charge on any atom is -0.476 e. The summed E-state index contributed by atoms with van der Waals surface area (Å²) in [7, 11) is 0. The number of anilines is 1. The van der Waals surface area contributed by atoms with Crippen LogP contribution in [0.15, 0.2) is 42.5 Å². The number of hydrogen-bond donors (Lipinski definition) is 1. The Kier molecular flexibility index (Phi) is 5.99. The summed E-state index contributed by atoms with van der Waals surface area (Å²) in [6.45, 7) is 2.36. The predicted octanol–water partition coefficient (Wildman–Crippen LogP) is 4.54. The maximum atomic E-state index is 10.7. The van der Waals surface area contributed by atoms with E-state index in [-0.39, 0.29) is 10.7 Å². The number of nitro benzene ring substituents is 1. The molecular formula is C17H16ClN3O3. The number of nitro groups is 1. The molecule has 0 saturated carbocycles. The quantitative estimate of drug-likeness (QED) is 0.587. The molecule has 7 heteroatoms. The van der Waals surface area contributed by atoms with Crippen molar-refractivity contribution in [3.8, 4) is 11.8 Å². The van der Waals surface area contributed by atoms with Gasteiger partial charge in [0.1, 0.15) is 11.8 Å². The second-order valence-electron chi connectivity index (χ2n) is 5.07. The van der Waals surface area contributed by atoms with Gasteiger partial charge in [0.15, 0.2) is 6.10 Å². The molecule has 0 aliphatic rings. The fraction of sp³-hybridized carbons (Fsp3) is 0.235. The van der Waals surface area contributed by atoms with Gasteiger partial charge >= 0.3 is 0 Å². The van der Waals surface area contributed by atoms with Gasteiger partial charge in [-0.25, -0.2) is 0 Å². The maximum Gasteiger partial charge on any atom is 0.271 e. The van der Waals surface area contributed by atoms with E-state index in [0.717, 1.165) is 5.56 Å². The van der Waals surface area contributed by atoms with E-state index in [2.05, 4.69) is 11.4 Å². The molecule has 1 unspecified atom stereocenters. The zero-order valence-electron chi connectivity index (χ0n) is 13.0. The largest absolute Gasteiger partial charge is 0.476 e. The van der Waals surface area contributed by atoms with Crippen LogP contribution in [0.3, 0.4) is 0 Å². The summed E-state index contributed by atoms with van der Waals surface area (Å²) in [6.07, 6.45) is 0.134. The maximum absolute atomic E-state index is 10.7. The summed E-state index contributed by atoms with van der Waals surface area (Å²) in [4.78, 5) is 10.2. The van der Waals surface area contributed by atoms with E-state index in [1.807, 2.05) is 25.1 Å². The molecule has 0 aromatic heterocycles. The van der Waals surface area contributed by atoms with Crippen molar-refractivity contribution in [1.29, 1.82) is 5.26 Å². The van der Waals surface area contributed by atoms with Crippen molar-refractivity contribution in [3.63, 3.8) is 0 Å². The Labute approximate surface area is 144 Å². The molecule has 0 bridgehead atoms. The zero-order valence-corrected chi connectivity index (χ0v) is 13.8. The molecule has 6 nitrogen and oxygen atoms in total. The number of rotatable bonds is 7. The standard InChI is InChI=1S/C17H16ClN3O3/c1-2-14(10-19)24-15-5-3-4-12(8-15)11-20-17-7-6-13(21(22)23)9-16(17)18/h3-9,14,20H,2,11H2,1H3. The molecular weight excluding hydrogens is 330 g/mol. The first kappa shape index (κ1) is 17.6. The molecule has 0 spiro atoms. The topological polar surface area (TPSA) is 88.2 Å². The number of halogens is 1.